The zero-order valence-electron chi connectivity index (χ0n) is 29.2. The molecule has 0 spiro atoms. The molecule has 6 rings (SSSR count). The third-order valence-electron chi connectivity index (χ3n) is 12.9. The summed E-state index contributed by atoms with van der Waals surface area (Å²) in [5.41, 5.74) is 9.99. The number of hydrogen-bond donors (Lipinski definition) is 0. The molecule has 0 N–H and O–H groups in total. The second-order valence-electron chi connectivity index (χ2n) is 14.5. The second kappa shape index (κ2) is 15.5. The minimum atomic E-state index is 0. The summed E-state index contributed by atoms with van der Waals surface area (Å²) in [5.74, 6) is 7.20. The summed E-state index contributed by atoms with van der Waals surface area (Å²) < 4.78 is 0. The fourth-order valence-corrected chi connectivity index (χ4v) is 10.8. The quantitative estimate of drug-likeness (QED) is 0.217. The fourth-order valence-electron chi connectivity index (χ4n) is 10.8. The molecule has 1 heteroatoms. The van der Waals surface area contributed by atoms with Crippen molar-refractivity contribution in [2.75, 3.05) is 0 Å². The summed E-state index contributed by atoms with van der Waals surface area (Å²) in [6.07, 6.45) is 14.6. The maximum Gasteiger partial charge on any atom is 4.00 e. The third kappa shape index (κ3) is 6.63. The van der Waals surface area contributed by atoms with Gasteiger partial charge in [0.1, 0.15) is 0 Å². The van der Waals surface area contributed by atoms with Gasteiger partial charge in [0.2, 0.25) is 0 Å². The summed E-state index contributed by atoms with van der Waals surface area (Å²) in [6.45, 7) is 14.9. The topological polar surface area (TPSA) is 0 Å². The van der Waals surface area contributed by atoms with Crippen LogP contribution < -0.4 is 0 Å². The predicted molar refractivity (Wildman–Crippen MR) is 184 cm³/mol. The van der Waals surface area contributed by atoms with Crippen LogP contribution >= 0.6 is 0 Å². The Morgan fingerprint density at radius 1 is 0.500 bits per heavy atom. The van der Waals surface area contributed by atoms with Crippen molar-refractivity contribution in [1.29, 1.82) is 0 Å². The number of rotatable bonds is 4. The Bertz CT molecular complexity index is 1040. The number of hydrogen-bond acceptors (Lipinski definition) is 0. The first-order valence-electron chi connectivity index (χ1n) is 15.9. The molecule has 0 nitrogen and oxygen atoms in total. The van der Waals surface area contributed by atoms with Crippen LogP contribution in [-0.4, -0.2) is 0 Å². The molecule has 4 aliphatic carbocycles. The van der Waals surface area contributed by atoms with Crippen LogP contribution in [0.4, 0.5) is 0 Å². The van der Waals surface area contributed by atoms with Gasteiger partial charge in [0.15, 0.2) is 0 Å². The van der Waals surface area contributed by atoms with Gasteiger partial charge in [-0.05, 0) is 165 Å². The van der Waals surface area contributed by atoms with Gasteiger partial charge in [-0.25, -0.2) is 0 Å². The van der Waals surface area contributed by atoms with E-state index in [-0.39, 0.29) is 55.5 Å². The molecule has 4 aliphatic rings. The number of aryl methyl sites for hydroxylation is 2. The summed E-state index contributed by atoms with van der Waals surface area (Å²) in [7, 11) is 0. The first-order valence-corrected chi connectivity index (χ1v) is 15.9. The minimum Gasteiger partial charge on any atom is -0.358 e. The SMILES string of the molecule is Cc1cccc(C2CCCC3C2CCC3C(C)(C)C2CCC3C(c4cccc(C)c4C)CCCC32)c1C.[CH3-].[CH3-].[CH3-].[CH3-].[Hf+4]. The first kappa shape index (κ1) is 39.3. The van der Waals surface area contributed by atoms with E-state index in [2.05, 4.69) is 77.9 Å². The number of benzene rings is 2. The summed E-state index contributed by atoms with van der Waals surface area (Å²) in [5, 5.41) is 0. The Kier molecular flexibility index (Phi) is 14.6. The molecule has 0 radical (unpaired) electrons. The zero-order chi connectivity index (χ0) is 25.9. The standard InChI is InChI=1S/C37H52.4CH3.Hf/c1-23-11-7-13-27(25(23)3)29-15-9-17-33-31(29)19-21-35(33)37(5,6)36-22-20-32-30(16-10-18-34(32)36)28-14-8-12-24(2)26(28)4;;;;;/h7-8,11-14,29-36H,9-10,15-22H2,1-6H3;4*1H3;/q;4*-1;+4. The molecule has 2 aromatic carbocycles. The van der Waals surface area contributed by atoms with Crippen LogP contribution in [0.5, 0.6) is 0 Å². The Hall–Kier alpha value is -0.690. The molecule has 4 saturated carbocycles. The molecule has 42 heavy (non-hydrogen) atoms. The normalized spacial score (nSPS) is 31.6. The van der Waals surface area contributed by atoms with E-state index in [0.717, 1.165) is 47.3 Å². The molecule has 8 unspecified atom stereocenters. The van der Waals surface area contributed by atoms with Crippen molar-refractivity contribution in [3.05, 3.63) is 99.5 Å². The molecule has 0 saturated heterocycles. The average Bonchev–Trinajstić information content (AvgIpc) is 3.53. The van der Waals surface area contributed by atoms with Gasteiger partial charge in [-0.15, -0.1) is 0 Å². The molecule has 4 fully saturated rings. The van der Waals surface area contributed by atoms with E-state index in [1.807, 2.05) is 0 Å². The Morgan fingerprint density at radius 3 is 1.26 bits per heavy atom. The van der Waals surface area contributed by atoms with Gasteiger partial charge < -0.3 is 29.7 Å². The second-order valence-corrected chi connectivity index (χ2v) is 14.5. The van der Waals surface area contributed by atoms with Crippen LogP contribution in [0.25, 0.3) is 0 Å². The molecule has 0 aliphatic heterocycles. The van der Waals surface area contributed by atoms with Crippen LogP contribution in [0.1, 0.15) is 123 Å². The van der Waals surface area contributed by atoms with Crippen molar-refractivity contribution in [3.63, 3.8) is 0 Å². The summed E-state index contributed by atoms with van der Waals surface area (Å²) >= 11 is 0. The molecular weight excluding hydrogens is 671 g/mol. The monoisotopic (exact) mass is 736 g/mol. The van der Waals surface area contributed by atoms with Gasteiger partial charge in [0, 0.05) is 0 Å². The van der Waals surface area contributed by atoms with Gasteiger partial charge >= 0.3 is 25.8 Å². The van der Waals surface area contributed by atoms with Crippen LogP contribution in [0.2, 0.25) is 0 Å². The van der Waals surface area contributed by atoms with Crippen molar-refractivity contribution >= 4 is 0 Å². The van der Waals surface area contributed by atoms with Crippen LogP contribution in [0, 0.1) is 98.3 Å². The van der Waals surface area contributed by atoms with Crippen molar-refractivity contribution < 1.29 is 25.8 Å². The van der Waals surface area contributed by atoms with Crippen LogP contribution in [0.15, 0.2) is 36.4 Å². The van der Waals surface area contributed by atoms with Crippen LogP contribution in [-0.2, 0) is 25.8 Å². The van der Waals surface area contributed by atoms with E-state index < -0.39 is 0 Å². The van der Waals surface area contributed by atoms with Gasteiger partial charge in [0.25, 0.3) is 0 Å². The first-order chi connectivity index (χ1) is 17.8. The van der Waals surface area contributed by atoms with Gasteiger partial charge in [-0.2, -0.15) is 0 Å². The minimum absolute atomic E-state index is 0. The van der Waals surface area contributed by atoms with Crippen molar-refractivity contribution in [3.8, 4) is 0 Å². The van der Waals surface area contributed by atoms with E-state index in [4.69, 9.17) is 0 Å². The molecular formula is C41H64Hf. The Labute approximate surface area is 282 Å². The molecule has 0 bridgehead atoms. The molecule has 8 atom stereocenters. The van der Waals surface area contributed by atoms with E-state index in [0.29, 0.717) is 5.41 Å². The fraction of sp³-hybridized carbons (Fsp3) is 0.610. The molecule has 232 valence electrons. The van der Waals surface area contributed by atoms with Gasteiger partial charge in [0.05, 0.1) is 0 Å². The summed E-state index contributed by atoms with van der Waals surface area (Å²) in [6, 6.07) is 14.2. The van der Waals surface area contributed by atoms with Crippen molar-refractivity contribution in [2.24, 2.45) is 40.9 Å². The van der Waals surface area contributed by atoms with Crippen molar-refractivity contribution in [2.45, 2.75) is 118 Å². The van der Waals surface area contributed by atoms with E-state index in [1.165, 1.54) is 75.3 Å². The summed E-state index contributed by atoms with van der Waals surface area (Å²) in [4.78, 5) is 0. The largest absolute Gasteiger partial charge is 4.00 e. The van der Waals surface area contributed by atoms with Gasteiger partial charge in [-0.3, -0.25) is 0 Å². The van der Waals surface area contributed by atoms with E-state index in [9.17, 15) is 0 Å². The molecule has 0 heterocycles. The van der Waals surface area contributed by atoms with Crippen LogP contribution in [0.3, 0.4) is 0 Å². The third-order valence-corrected chi connectivity index (χ3v) is 12.9. The Morgan fingerprint density at radius 2 is 0.881 bits per heavy atom. The Balaban J connectivity index is 0.00000176. The smallest absolute Gasteiger partial charge is 0.358 e. The predicted octanol–water partition coefficient (Wildman–Crippen LogP) is 12.3. The van der Waals surface area contributed by atoms with Crippen molar-refractivity contribution in [1.82, 2.24) is 0 Å². The van der Waals surface area contributed by atoms with E-state index >= 15 is 0 Å². The van der Waals surface area contributed by atoms with Gasteiger partial charge in [-0.1, -0.05) is 63.1 Å². The zero-order valence-corrected chi connectivity index (χ0v) is 32.7. The molecule has 2 aromatic rings. The average molecular weight is 735 g/mol. The molecule has 0 amide bonds. The molecule has 0 aromatic heterocycles. The maximum atomic E-state index is 2.73. The van der Waals surface area contributed by atoms with E-state index in [1.54, 1.807) is 22.3 Å². The maximum absolute atomic E-state index is 2.73. The number of fused-ring (bicyclic) bond motifs is 2.